The van der Waals surface area contributed by atoms with Gasteiger partial charge in [-0.1, -0.05) is 24.3 Å². The Bertz CT molecular complexity index is 1620. The van der Waals surface area contributed by atoms with E-state index in [2.05, 4.69) is 15.0 Å². The van der Waals surface area contributed by atoms with Gasteiger partial charge in [-0.05, 0) is 53.9 Å². The van der Waals surface area contributed by atoms with Gasteiger partial charge in [0.25, 0.3) is 20.1 Å². The van der Waals surface area contributed by atoms with Crippen LogP contribution in [0.3, 0.4) is 0 Å². The Balaban J connectivity index is 1.65. The molecule has 4 rings (SSSR count). The van der Waals surface area contributed by atoms with Crippen LogP contribution >= 0.6 is 0 Å². The second kappa shape index (κ2) is 8.74. The number of aromatic hydroxyl groups is 1. The number of nitrogens with zero attached hydrogens (tertiary/aromatic N) is 2. The molecule has 0 aromatic heterocycles. The Kier molecular flexibility index (Phi) is 5.96. The van der Waals surface area contributed by atoms with Crippen LogP contribution in [-0.2, 0) is 20.1 Å². The number of nitrogens with two attached hydrogens (primary N) is 1. The van der Waals surface area contributed by atoms with Crippen LogP contribution in [0.1, 0.15) is 0 Å². The van der Waals surface area contributed by atoms with Crippen molar-refractivity contribution in [2.45, 2.75) is 9.79 Å². The molecule has 0 bridgehead atoms. The molecule has 0 unspecified atom stereocenters. The molecule has 34 heavy (non-hydrogen) atoms. The van der Waals surface area contributed by atoms with E-state index in [1.165, 1.54) is 42.5 Å². The number of nitrogens with one attached hydrogen (secondary N) is 1. The number of para-hydroxylation sites is 1. The highest BCUT2D eigenvalue weighted by Gasteiger charge is 2.17. The normalized spacial score (nSPS) is 12.3. The lowest BCUT2D eigenvalue weighted by atomic mass is 10.1. The molecular formula is C22H18N4O6S2. The number of nitrogen functional groups attached to an aromatic ring is 1. The quantitative estimate of drug-likeness (QED) is 0.171. The minimum absolute atomic E-state index is 0.0235. The van der Waals surface area contributed by atoms with Crippen molar-refractivity contribution >= 4 is 53.7 Å². The minimum atomic E-state index is -4.53. The van der Waals surface area contributed by atoms with Crippen LogP contribution < -0.4 is 10.5 Å². The van der Waals surface area contributed by atoms with Crippen LogP contribution in [0.5, 0.6) is 5.75 Å². The predicted octanol–water partition coefficient (Wildman–Crippen LogP) is 4.59. The van der Waals surface area contributed by atoms with Gasteiger partial charge < -0.3 is 10.8 Å². The average Bonchev–Trinajstić information content (AvgIpc) is 2.78. The lowest BCUT2D eigenvalue weighted by Gasteiger charge is -2.09. The van der Waals surface area contributed by atoms with Gasteiger partial charge in [0.15, 0.2) is 0 Å². The third-order valence-corrected chi connectivity index (χ3v) is 7.04. The molecule has 10 nitrogen and oxygen atoms in total. The zero-order valence-corrected chi connectivity index (χ0v) is 19.0. The molecule has 12 heteroatoms. The smallest absolute Gasteiger partial charge is 0.294 e. The lowest BCUT2D eigenvalue weighted by Crippen LogP contribution is -2.12. The Morgan fingerprint density at radius 3 is 2.12 bits per heavy atom. The molecule has 174 valence electrons. The van der Waals surface area contributed by atoms with E-state index in [0.29, 0.717) is 11.4 Å². The van der Waals surface area contributed by atoms with Crippen LogP contribution in [0, 0.1) is 0 Å². The number of hydrogen-bond donors (Lipinski definition) is 4. The number of hydrogen-bond acceptors (Lipinski definition) is 8. The maximum Gasteiger partial charge on any atom is 0.294 e. The fourth-order valence-corrected chi connectivity index (χ4v) is 4.79. The molecule has 0 saturated carbocycles. The first-order valence-corrected chi connectivity index (χ1v) is 12.6. The van der Waals surface area contributed by atoms with Gasteiger partial charge in [0, 0.05) is 11.8 Å². The highest BCUT2D eigenvalue weighted by molar-refractivity contribution is 7.92. The fourth-order valence-electron chi connectivity index (χ4n) is 3.19. The Labute approximate surface area is 195 Å². The van der Waals surface area contributed by atoms with Crippen LogP contribution in [0.4, 0.5) is 22.7 Å². The first kappa shape index (κ1) is 23.2. The van der Waals surface area contributed by atoms with Crippen molar-refractivity contribution < 1.29 is 26.5 Å². The molecule has 0 saturated heterocycles. The molecule has 4 aromatic carbocycles. The zero-order chi connectivity index (χ0) is 24.5. The van der Waals surface area contributed by atoms with Gasteiger partial charge in [-0.2, -0.15) is 13.5 Å². The number of anilines is 2. The van der Waals surface area contributed by atoms with Gasteiger partial charge >= 0.3 is 0 Å². The van der Waals surface area contributed by atoms with Gasteiger partial charge in [0.05, 0.1) is 26.6 Å². The predicted molar refractivity (Wildman–Crippen MR) is 128 cm³/mol. The minimum Gasteiger partial charge on any atom is -0.507 e. The summed E-state index contributed by atoms with van der Waals surface area (Å²) in [5.74, 6) is -0.459. The Hall–Kier alpha value is -4.00. The van der Waals surface area contributed by atoms with Crippen molar-refractivity contribution in [3.8, 4) is 5.75 Å². The number of fused-ring (bicyclic) bond motifs is 1. The van der Waals surface area contributed by atoms with Crippen LogP contribution in [0.25, 0.3) is 10.8 Å². The summed E-state index contributed by atoms with van der Waals surface area (Å²) in [6, 6.07) is 19.0. The monoisotopic (exact) mass is 498 g/mol. The third kappa shape index (κ3) is 4.83. The molecule has 0 atom stereocenters. The summed E-state index contributed by atoms with van der Waals surface area (Å²) < 4.78 is 59.7. The molecule has 0 aliphatic rings. The topological polar surface area (TPSA) is 172 Å². The lowest BCUT2D eigenvalue weighted by molar-refractivity contribution is 0.471. The molecule has 5 N–H and O–H groups in total. The Morgan fingerprint density at radius 2 is 1.47 bits per heavy atom. The van der Waals surface area contributed by atoms with E-state index in [4.69, 9.17) is 5.73 Å². The summed E-state index contributed by atoms with van der Waals surface area (Å²) in [6.45, 7) is 0. The van der Waals surface area contributed by atoms with Crippen LogP contribution in [0.2, 0.25) is 0 Å². The molecule has 0 aliphatic heterocycles. The summed E-state index contributed by atoms with van der Waals surface area (Å²) in [5, 5.41) is 18.9. The number of benzene rings is 4. The van der Waals surface area contributed by atoms with E-state index in [9.17, 15) is 26.5 Å². The number of phenolic OH excluding ortho intramolecular Hbond substituents is 1. The van der Waals surface area contributed by atoms with Crippen LogP contribution in [-0.4, -0.2) is 26.5 Å². The van der Waals surface area contributed by atoms with E-state index in [0.717, 1.165) is 6.07 Å². The highest BCUT2D eigenvalue weighted by atomic mass is 32.2. The molecule has 0 spiro atoms. The summed E-state index contributed by atoms with van der Waals surface area (Å²) in [6.07, 6.45) is 0. The van der Waals surface area contributed by atoms with Gasteiger partial charge in [-0.3, -0.25) is 9.27 Å². The molecule has 0 radical (unpaired) electrons. The van der Waals surface area contributed by atoms with Gasteiger partial charge in [0.2, 0.25) is 0 Å². The van der Waals surface area contributed by atoms with E-state index in [-0.39, 0.29) is 27.0 Å². The van der Waals surface area contributed by atoms with Gasteiger partial charge in [0.1, 0.15) is 11.4 Å². The standard InChI is InChI=1S/C22H18N4O6S2/c23-19-11-6-14-12-18(34(30,31)32)13-20(27)21(14)22(19)25-24-15-7-9-17(10-8-15)33(28,29)26-16-4-2-1-3-5-16/h1-13,26-27H,23H2,(H,30,31,32). The average molecular weight is 499 g/mol. The summed E-state index contributed by atoms with van der Waals surface area (Å²) in [4.78, 5) is -0.457. The largest absolute Gasteiger partial charge is 0.507 e. The van der Waals surface area contributed by atoms with E-state index in [1.807, 2.05) is 0 Å². The van der Waals surface area contributed by atoms with Crippen molar-refractivity contribution in [2.24, 2.45) is 10.2 Å². The molecule has 0 amide bonds. The van der Waals surface area contributed by atoms with Crippen molar-refractivity contribution in [1.29, 1.82) is 0 Å². The van der Waals surface area contributed by atoms with Gasteiger partial charge in [-0.15, -0.1) is 5.11 Å². The van der Waals surface area contributed by atoms with Crippen molar-refractivity contribution in [1.82, 2.24) is 0 Å². The second-order valence-corrected chi connectivity index (χ2v) is 10.3. The van der Waals surface area contributed by atoms with E-state index in [1.54, 1.807) is 30.3 Å². The number of sulfonamides is 1. The highest BCUT2D eigenvalue weighted by Crippen LogP contribution is 2.40. The number of azo groups is 1. The second-order valence-electron chi connectivity index (χ2n) is 7.18. The fraction of sp³-hybridized carbons (Fsp3) is 0. The molecule has 4 aromatic rings. The summed E-state index contributed by atoms with van der Waals surface area (Å²) in [5.41, 5.74) is 6.96. The maximum atomic E-state index is 12.5. The number of rotatable bonds is 6. The summed E-state index contributed by atoms with van der Waals surface area (Å²) in [7, 11) is -8.33. The molecule has 0 heterocycles. The third-order valence-electron chi connectivity index (χ3n) is 4.81. The molecule has 0 fully saturated rings. The van der Waals surface area contributed by atoms with Crippen molar-refractivity contribution in [3.05, 3.63) is 78.9 Å². The van der Waals surface area contributed by atoms with Crippen LogP contribution in [0.15, 0.2) is 98.9 Å². The summed E-state index contributed by atoms with van der Waals surface area (Å²) >= 11 is 0. The molecule has 0 aliphatic carbocycles. The van der Waals surface area contributed by atoms with Crippen molar-refractivity contribution in [3.63, 3.8) is 0 Å². The van der Waals surface area contributed by atoms with Crippen molar-refractivity contribution in [2.75, 3.05) is 10.5 Å². The maximum absolute atomic E-state index is 12.5. The molecular weight excluding hydrogens is 480 g/mol. The first-order chi connectivity index (χ1) is 16.0. The SMILES string of the molecule is Nc1ccc2cc(S(=O)(=O)O)cc(O)c2c1N=Nc1ccc(S(=O)(=O)Nc2ccccc2)cc1. The zero-order valence-electron chi connectivity index (χ0n) is 17.3. The number of phenols is 1. The Morgan fingerprint density at radius 1 is 0.794 bits per heavy atom. The first-order valence-electron chi connectivity index (χ1n) is 9.67. The van der Waals surface area contributed by atoms with E-state index < -0.39 is 30.8 Å². The van der Waals surface area contributed by atoms with E-state index >= 15 is 0 Å². The van der Waals surface area contributed by atoms with Gasteiger partial charge in [-0.25, -0.2) is 8.42 Å².